The molecule has 0 unspecified atom stereocenters. The lowest BCUT2D eigenvalue weighted by Crippen LogP contribution is -2.17. The maximum Gasteiger partial charge on any atom is 0.180 e. The van der Waals surface area contributed by atoms with E-state index in [4.69, 9.17) is 11.6 Å². The molecule has 0 aliphatic carbocycles. The van der Waals surface area contributed by atoms with Gasteiger partial charge in [0, 0.05) is 0 Å². The van der Waals surface area contributed by atoms with Crippen LogP contribution >= 0.6 is 11.6 Å². The number of rotatable bonds is 2. The fourth-order valence-electron chi connectivity index (χ4n) is 1.63. The Hall–Kier alpha value is -1.78. The van der Waals surface area contributed by atoms with Crippen LogP contribution in [0.5, 0.6) is 0 Å². The quantitative estimate of drug-likeness (QED) is 0.718. The summed E-state index contributed by atoms with van der Waals surface area (Å²) in [6.07, 6.45) is 0. The van der Waals surface area contributed by atoms with Gasteiger partial charge in [-0.2, -0.15) is 5.26 Å². The van der Waals surface area contributed by atoms with Crippen LogP contribution in [-0.4, -0.2) is 0 Å². The standard InChI is InChI=1S/C14H10ClN/c15-14(11-16,12-7-3-1-4-8-12)13-9-5-2-6-10-13/h1-10H. The zero-order valence-corrected chi connectivity index (χ0v) is 9.35. The van der Waals surface area contributed by atoms with Gasteiger partial charge in [-0.25, -0.2) is 0 Å². The lowest BCUT2D eigenvalue weighted by molar-refractivity contribution is 0.938. The molecule has 0 bridgehead atoms. The topological polar surface area (TPSA) is 23.8 Å². The molecule has 78 valence electrons. The van der Waals surface area contributed by atoms with E-state index >= 15 is 0 Å². The average molecular weight is 228 g/mol. The SMILES string of the molecule is N#CC(Cl)(c1ccccc1)c1ccccc1. The molecule has 0 radical (unpaired) electrons. The highest BCUT2D eigenvalue weighted by Gasteiger charge is 2.31. The molecule has 0 aromatic heterocycles. The highest BCUT2D eigenvalue weighted by atomic mass is 35.5. The Balaban J connectivity index is 2.55. The van der Waals surface area contributed by atoms with Crippen molar-refractivity contribution in [3.63, 3.8) is 0 Å². The number of hydrogen-bond donors (Lipinski definition) is 0. The van der Waals surface area contributed by atoms with Crippen molar-refractivity contribution in [1.82, 2.24) is 0 Å². The Labute approximate surface area is 99.9 Å². The fraction of sp³-hybridized carbons (Fsp3) is 0.0714. The second-order valence-electron chi connectivity index (χ2n) is 3.50. The number of halogens is 1. The van der Waals surface area contributed by atoms with Crippen LogP contribution in [0.1, 0.15) is 11.1 Å². The summed E-state index contributed by atoms with van der Waals surface area (Å²) in [7, 11) is 0. The van der Waals surface area contributed by atoms with Crippen molar-refractivity contribution >= 4 is 11.6 Å². The van der Waals surface area contributed by atoms with Crippen LogP contribution in [0, 0.1) is 11.3 Å². The van der Waals surface area contributed by atoms with E-state index in [9.17, 15) is 5.26 Å². The van der Waals surface area contributed by atoms with Crippen LogP contribution in [0.3, 0.4) is 0 Å². The molecule has 0 saturated heterocycles. The van der Waals surface area contributed by atoms with Gasteiger partial charge in [0.25, 0.3) is 0 Å². The van der Waals surface area contributed by atoms with Gasteiger partial charge in [0.2, 0.25) is 0 Å². The van der Waals surface area contributed by atoms with Crippen LogP contribution in [-0.2, 0) is 4.87 Å². The lowest BCUT2D eigenvalue weighted by atomic mass is 9.92. The summed E-state index contributed by atoms with van der Waals surface area (Å²) in [5.74, 6) is 0. The molecule has 0 heterocycles. The van der Waals surface area contributed by atoms with E-state index in [1.54, 1.807) is 0 Å². The average Bonchev–Trinajstić information content (AvgIpc) is 2.40. The van der Waals surface area contributed by atoms with E-state index < -0.39 is 4.87 Å². The summed E-state index contributed by atoms with van der Waals surface area (Å²) in [4.78, 5) is -1.09. The highest BCUT2D eigenvalue weighted by molar-refractivity contribution is 6.28. The number of nitrogens with zero attached hydrogens (tertiary/aromatic N) is 1. The molecular weight excluding hydrogens is 218 g/mol. The maximum absolute atomic E-state index is 9.31. The van der Waals surface area contributed by atoms with Gasteiger partial charge in [0.15, 0.2) is 4.87 Å². The molecule has 0 atom stereocenters. The minimum Gasteiger partial charge on any atom is -0.196 e. The molecule has 0 spiro atoms. The predicted octanol–water partition coefficient (Wildman–Crippen LogP) is 3.69. The van der Waals surface area contributed by atoms with Crippen LogP contribution in [0.15, 0.2) is 60.7 Å². The number of benzene rings is 2. The van der Waals surface area contributed by atoms with Crippen LogP contribution in [0.4, 0.5) is 0 Å². The molecule has 0 aliphatic rings. The minimum absolute atomic E-state index is 0.797. The minimum atomic E-state index is -1.09. The van der Waals surface area contributed by atoms with Crippen molar-refractivity contribution in [3.8, 4) is 6.07 Å². The van der Waals surface area contributed by atoms with E-state index in [-0.39, 0.29) is 0 Å². The molecule has 0 amide bonds. The summed E-state index contributed by atoms with van der Waals surface area (Å²) in [6, 6.07) is 21.0. The first-order chi connectivity index (χ1) is 7.77. The highest BCUT2D eigenvalue weighted by Crippen LogP contribution is 2.35. The summed E-state index contributed by atoms with van der Waals surface area (Å²) in [5.41, 5.74) is 1.59. The van der Waals surface area contributed by atoms with E-state index in [0.717, 1.165) is 11.1 Å². The Kier molecular flexibility index (Phi) is 2.94. The van der Waals surface area contributed by atoms with Crippen LogP contribution in [0.2, 0.25) is 0 Å². The molecule has 2 aromatic carbocycles. The van der Waals surface area contributed by atoms with E-state index in [1.165, 1.54) is 0 Å². The monoisotopic (exact) mass is 227 g/mol. The van der Waals surface area contributed by atoms with Gasteiger partial charge in [-0.15, -0.1) is 0 Å². The van der Waals surface area contributed by atoms with Crippen molar-refractivity contribution in [3.05, 3.63) is 71.8 Å². The van der Waals surface area contributed by atoms with Crippen molar-refractivity contribution in [2.75, 3.05) is 0 Å². The first-order valence-electron chi connectivity index (χ1n) is 4.98. The third-order valence-corrected chi connectivity index (χ3v) is 3.02. The Bertz CT molecular complexity index is 460. The van der Waals surface area contributed by atoms with Gasteiger partial charge in [0.05, 0.1) is 6.07 Å². The molecular formula is C14H10ClN. The molecule has 0 aliphatic heterocycles. The Morgan fingerprint density at radius 1 is 0.812 bits per heavy atom. The van der Waals surface area contributed by atoms with Gasteiger partial charge in [0.1, 0.15) is 0 Å². The molecule has 2 heteroatoms. The van der Waals surface area contributed by atoms with Crippen molar-refractivity contribution in [2.24, 2.45) is 0 Å². The van der Waals surface area contributed by atoms with Gasteiger partial charge in [-0.05, 0) is 11.1 Å². The van der Waals surface area contributed by atoms with Gasteiger partial charge < -0.3 is 0 Å². The second-order valence-corrected chi connectivity index (χ2v) is 4.07. The number of alkyl halides is 1. The van der Waals surface area contributed by atoms with Gasteiger partial charge in [-0.3, -0.25) is 0 Å². The summed E-state index contributed by atoms with van der Waals surface area (Å²) in [6.45, 7) is 0. The molecule has 2 rings (SSSR count). The number of nitriles is 1. The van der Waals surface area contributed by atoms with Gasteiger partial charge in [-0.1, -0.05) is 72.3 Å². The molecule has 0 fully saturated rings. The summed E-state index contributed by atoms with van der Waals surface area (Å²) < 4.78 is 0. The van der Waals surface area contributed by atoms with Crippen LogP contribution in [0.25, 0.3) is 0 Å². The predicted molar refractivity (Wildman–Crippen MR) is 65.1 cm³/mol. The first kappa shape index (κ1) is 10.7. The van der Waals surface area contributed by atoms with Crippen molar-refractivity contribution in [2.45, 2.75) is 4.87 Å². The third kappa shape index (κ3) is 1.80. The normalized spacial score (nSPS) is 10.8. The second kappa shape index (κ2) is 4.38. The smallest absolute Gasteiger partial charge is 0.180 e. The zero-order chi connectivity index (χ0) is 11.4. The molecule has 16 heavy (non-hydrogen) atoms. The van der Waals surface area contributed by atoms with Crippen molar-refractivity contribution in [1.29, 1.82) is 5.26 Å². The van der Waals surface area contributed by atoms with Crippen molar-refractivity contribution < 1.29 is 0 Å². The molecule has 0 saturated carbocycles. The number of hydrogen-bond acceptors (Lipinski definition) is 1. The van der Waals surface area contributed by atoms with Gasteiger partial charge >= 0.3 is 0 Å². The lowest BCUT2D eigenvalue weighted by Gasteiger charge is -2.19. The largest absolute Gasteiger partial charge is 0.196 e. The Morgan fingerprint density at radius 2 is 1.19 bits per heavy atom. The Morgan fingerprint density at radius 3 is 1.50 bits per heavy atom. The van der Waals surface area contributed by atoms with E-state index in [1.807, 2.05) is 60.7 Å². The summed E-state index contributed by atoms with van der Waals surface area (Å²) in [5, 5.41) is 9.31. The van der Waals surface area contributed by atoms with Crippen LogP contribution < -0.4 is 0 Å². The fourth-order valence-corrected chi connectivity index (χ4v) is 1.88. The first-order valence-corrected chi connectivity index (χ1v) is 5.36. The zero-order valence-electron chi connectivity index (χ0n) is 8.60. The molecule has 1 nitrogen and oxygen atoms in total. The summed E-state index contributed by atoms with van der Waals surface area (Å²) >= 11 is 6.41. The van der Waals surface area contributed by atoms with E-state index in [2.05, 4.69) is 6.07 Å². The molecule has 2 aromatic rings. The third-order valence-electron chi connectivity index (χ3n) is 2.50. The maximum atomic E-state index is 9.31. The molecule has 0 N–H and O–H groups in total. The van der Waals surface area contributed by atoms with E-state index in [0.29, 0.717) is 0 Å².